The number of rotatable bonds is 9. The van der Waals surface area contributed by atoms with Crippen molar-refractivity contribution in [3.8, 4) is 0 Å². The van der Waals surface area contributed by atoms with Crippen molar-refractivity contribution in [2.45, 2.75) is 79.6 Å². The fraction of sp³-hybridized carbons (Fsp3) is 0.255. The molecular weight excluding hydrogens is 651 g/mol. The fourth-order valence-electron chi connectivity index (χ4n) is 8.45. The average molecular weight is 707 g/mol. The smallest absolute Gasteiger partial charge is 0.248 e. The van der Waals surface area contributed by atoms with Gasteiger partial charge in [-0.2, -0.15) is 0 Å². The van der Waals surface area contributed by atoms with Crippen LogP contribution in [0.15, 0.2) is 151 Å². The summed E-state index contributed by atoms with van der Waals surface area (Å²) in [7, 11) is 0. The molecule has 1 aliphatic heterocycles. The van der Waals surface area contributed by atoms with Crippen LogP contribution >= 0.6 is 0 Å². The molecule has 0 radical (unpaired) electrons. The third kappa shape index (κ3) is 6.59. The second-order valence-electron chi connectivity index (χ2n) is 17.1. The number of nitrogens with zero attached hydrogens (tertiary/aromatic N) is 1. The molecule has 54 heavy (non-hydrogen) atoms. The molecule has 0 fully saturated rings. The van der Waals surface area contributed by atoms with Crippen molar-refractivity contribution in [3.05, 3.63) is 179 Å². The van der Waals surface area contributed by atoms with Crippen LogP contribution < -0.4 is 16.2 Å². The van der Waals surface area contributed by atoms with Crippen molar-refractivity contribution in [2.24, 2.45) is 5.41 Å². The third-order valence-corrected chi connectivity index (χ3v) is 11.8. The largest absolute Gasteiger partial charge is 0.356 e. The number of hydrogen-bond donors (Lipinski definition) is 1. The van der Waals surface area contributed by atoms with Gasteiger partial charge >= 0.3 is 0 Å². The maximum atomic E-state index is 4.99. The van der Waals surface area contributed by atoms with E-state index in [1.165, 1.54) is 61.0 Å². The minimum atomic E-state index is -0.186. The van der Waals surface area contributed by atoms with E-state index in [-0.39, 0.29) is 23.0 Å². The lowest BCUT2D eigenvalue weighted by Gasteiger charge is -2.33. The topological polar surface area (TPSA) is 17.0 Å². The second-order valence-corrected chi connectivity index (χ2v) is 17.1. The van der Waals surface area contributed by atoms with Gasteiger partial charge in [0, 0.05) is 56.5 Å². The molecule has 0 saturated carbocycles. The molecule has 5 aromatic rings. The molecular formula is C51H55BN2. The molecule has 0 spiro atoms. The van der Waals surface area contributed by atoms with Crippen LogP contribution in [0.4, 0.5) is 11.4 Å². The molecule has 2 aliphatic rings. The van der Waals surface area contributed by atoms with Crippen molar-refractivity contribution in [1.29, 1.82) is 0 Å². The lowest BCUT2D eigenvalue weighted by molar-refractivity contribution is 0.516. The van der Waals surface area contributed by atoms with Crippen LogP contribution in [0.2, 0.25) is 0 Å². The normalized spacial score (nSPS) is 15.7. The van der Waals surface area contributed by atoms with E-state index in [4.69, 9.17) is 6.58 Å². The van der Waals surface area contributed by atoms with Gasteiger partial charge in [-0.3, -0.25) is 0 Å². The highest BCUT2D eigenvalue weighted by Crippen LogP contribution is 2.41. The van der Waals surface area contributed by atoms with Gasteiger partial charge in [0.25, 0.3) is 0 Å². The molecule has 1 aliphatic carbocycles. The first kappa shape index (κ1) is 37.1. The van der Waals surface area contributed by atoms with Crippen molar-refractivity contribution in [1.82, 2.24) is 4.57 Å². The van der Waals surface area contributed by atoms with Gasteiger partial charge in [0.15, 0.2) is 0 Å². The molecule has 0 atom stereocenters. The molecule has 272 valence electrons. The number of benzene rings is 4. The Labute approximate surface area is 324 Å². The second kappa shape index (κ2) is 14.2. The standard InChI is InChI=1S/C51H55BN2/c1-11-13-17-32-50(7,8)39-28-31-45(53-40-29-26-38(27-30-40)51(9,10)37-20-15-14-16-21-37)44(33-39)52-35(3)47(34-36(12-2)49(4,5)6)54-46-25-19-22-41(46)42-23-18-24-43(52)48(42)54/h11-24,26-34,53H,3,25H2,1-2,4-10H3/b13-11-,32-17-,36-12+,47-34+. The van der Waals surface area contributed by atoms with Gasteiger partial charge in [0.2, 0.25) is 6.71 Å². The van der Waals surface area contributed by atoms with Crippen molar-refractivity contribution in [3.63, 3.8) is 0 Å². The first-order valence-electron chi connectivity index (χ1n) is 19.5. The summed E-state index contributed by atoms with van der Waals surface area (Å²) in [5, 5.41) is 5.22. The summed E-state index contributed by atoms with van der Waals surface area (Å²) in [5.74, 6) is 0. The predicted octanol–water partition coefficient (Wildman–Crippen LogP) is 12.2. The summed E-state index contributed by atoms with van der Waals surface area (Å²) in [6.07, 6.45) is 18.9. The number of hydrogen-bond acceptors (Lipinski definition) is 1. The number of nitrogens with one attached hydrogen (secondary N) is 1. The minimum Gasteiger partial charge on any atom is -0.356 e. The van der Waals surface area contributed by atoms with E-state index < -0.39 is 0 Å². The highest BCUT2D eigenvalue weighted by Gasteiger charge is 2.38. The zero-order valence-corrected chi connectivity index (χ0v) is 33.7. The maximum absolute atomic E-state index is 4.99. The Kier molecular flexibility index (Phi) is 9.73. The molecule has 7 rings (SSSR count). The molecule has 0 unspecified atom stereocenters. The van der Waals surface area contributed by atoms with E-state index in [1.54, 1.807) is 0 Å². The number of anilines is 2. The lowest BCUT2D eigenvalue weighted by Crippen LogP contribution is -2.49. The van der Waals surface area contributed by atoms with E-state index in [2.05, 4.69) is 212 Å². The first-order chi connectivity index (χ1) is 25.8. The Hall–Kier alpha value is -5.28. The molecule has 0 bridgehead atoms. The van der Waals surface area contributed by atoms with Gasteiger partial charge in [0.1, 0.15) is 0 Å². The van der Waals surface area contributed by atoms with Gasteiger partial charge in [-0.05, 0) is 76.7 Å². The number of para-hydroxylation sites is 1. The van der Waals surface area contributed by atoms with Gasteiger partial charge in [-0.1, -0.05) is 169 Å². The predicted molar refractivity (Wildman–Crippen MR) is 238 cm³/mol. The first-order valence-corrected chi connectivity index (χ1v) is 19.5. The van der Waals surface area contributed by atoms with Crippen molar-refractivity contribution in [2.75, 3.05) is 5.32 Å². The fourth-order valence-corrected chi connectivity index (χ4v) is 8.45. The Morgan fingerprint density at radius 2 is 1.48 bits per heavy atom. The summed E-state index contributed by atoms with van der Waals surface area (Å²) in [6, 6.07) is 33.7. The molecule has 0 saturated heterocycles. The van der Waals surface area contributed by atoms with E-state index in [9.17, 15) is 0 Å². The Morgan fingerprint density at radius 1 is 0.778 bits per heavy atom. The molecule has 0 amide bonds. The van der Waals surface area contributed by atoms with Crippen LogP contribution in [-0.2, 0) is 17.3 Å². The average Bonchev–Trinajstić information content (AvgIpc) is 3.75. The minimum absolute atomic E-state index is 0.0145. The molecule has 1 aromatic heterocycles. The Bertz CT molecular complexity index is 2380. The summed E-state index contributed by atoms with van der Waals surface area (Å²) in [5.41, 5.74) is 15.9. The zero-order valence-electron chi connectivity index (χ0n) is 33.7. The van der Waals surface area contributed by atoms with Crippen LogP contribution in [-0.4, -0.2) is 11.3 Å². The van der Waals surface area contributed by atoms with Crippen molar-refractivity contribution < 1.29 is 0 Å². The van der Waals surface area contributed by atoms with Crippen LogP contribution in [0, 0.1) is 5.41 Å². The van der Waals surface area contributed by atoms with Crippen LogP contribution in [0.1, 0.15) is 90.3 Å². The van der Waals surface area contributed by atoms with Crippen LogP contribution in [0.25, 0.3) is 22.7 Å². The summed E-state index contributed by atoms with van der Waals surface area (Å²) < 4.78 is 2.53. The van der Waals surface area contributed by atoms with Gasteiger partial charge in [-0.15, -0.1) is 6.58 Å². The summed E-state index contributed by atoms with van der Waals surface area (Å²) >= 11 is 0. The van der Waals surface area contributed by atoms with Crippen LogP contribution in [0.5, 0.6) is 0 Å². The Morgan fingerprint density at radius 3 is 2.17 bits per heavy atom. The number of fused-ring (bicyclic) bond motifs is 3. The highest BCUT2D eigenvalue weighted by molar-refractivity contribution is 6.95. The molecule has 3 heteroatoms. The zero-order chi connectivity index (χ0) is 38.4. The Balaban J connectivity index is 1.41. The third-order valence-electron chi connectivity index (χ3n) is 11.8. The SMILES string of the molecule is C=C1B(c2cc(C(C)(C)/C=C\C=C/C)ccc2Nc2ccc(C(C)(C)c3ccccc3)cc2)c2cccc3c4c(n(c23)/C1=C/C(=C\C)C(C)(C)C)CC=C4. The molecule has 4 aromatic carbocycles. The highest BCUT2D eigenvalue weighted by atomic mass is 15.0. The monoisotopic (exact) mass is 706 g/mol. The van der Waals surface area contributed by atoms with Gasteiger partial charge < -0.3 is 9.88 Å². The number of allylic oxidation sites excluding steroid dienone is 10. The molecule has 2 heterocycles. The van der Waals surface area contributed by atoms with E-state index in [1.807, 2.05) is 0 Å². The summed E-state index contributed by atoms with van der Waals surface area (Å²) in [4.78, 5) is 0. The van der Waals surface area contributed by atoms with Crippen LogP contribution in [0.3, 0.4) is 0 Å². The quantitative estimate of drug-likeness (QED) is 0.119. The van der Waals surface area contributed by atoms with E-state index in [0.717, 1.165) is 23.3 Å². The molecule has 2 nitrogen and oxygen atoms in total. The van der Waals surface area contributed by atoms with E-state index in [0.29, 0.717) is 0 Å². The van der Waals surface area contributed by atoms with Gasteiger partial charge in [-0.25, -0.2) is 0 Å². The van der Waals surface area contributed by atoms with E-state index >= 15 is 0 Å². The number of aromatic nitrogens is 1. The lowest BCUT2D eigenvalue weighted by atomic mass is 9.34. The summed E-state index contributed by atoms with van der Waals surface area (Å²) in [6.45, 7) is 25.3. The maximum Gasteiger partial charge on any atom is 0.248 e. The molecule has 1 N–H and O–H groups in total. The van der Waals surface area contributed by atoms with Gasteiger partial charge in [0.05, 0.1) is 0 Å². The van der Waals surface area contributed by atoms with Crippen molar-refractivity contribution >= 4 is 51.7 Å².